The van der Waals surface area contributed by atoms with Gasteiger partial charge in [0.15, 0.2) is 5.96 Å². The molecule has 25 heavy (non-hydrogen) atoms. The summed E-state index contributed by atoms with van der Waals surface area (Å²) >= 11 is 0. The van der Waals surface area contributed by atoms with Crippen molar-refractivity contribution in [2.45, 2.75) is 26.3 Å². The van der Waals surface area contributed by atoms with Gasteiger partial charge < -0.3 is 16.0 Å². The number of nitrogens with zero attached hydrogens (tertiary/aromatic N) is 2. The summed E-state index contributed by atoms with van der Waals surface area (Å²) in [6, 6.07) is 18.8. The number of aliphatic imine (C=N–C) groups is 1. The van der Waals surface area contributed by atoms with Gasteiger partial charge in [-0.2, -0.15) is 0 Å². The summed E-state index contributed by atoms with van der Waals surface area (Å²) in [6.45, 7) is 4.83. The molecule has 0 aliphatic heterocycles. The minimum Gasteiger partial charge on any atom is -0.370 e. The van der Waals surface area contributed by atoms with E-state index in [-0.39, 0.29) is 24.0 Å². The number of guanidine groups is 1. The molecule has 0 bridgehead atoms. The van der Waals surface area contributed by atoms with Crippen LogP contribution in [0.5, 0.6) is 0 Å². The maximum atomic E-state index is 5.94. The Morgan fingerprint density at radius 1 is 1.04 bits per heavy atom. The second kappa shape index (κ2) is 11.9. The zero-order valence-corrected chi connectivity index (χ0v) is 17.4. The zero-order chi connectivity index (χ0) is 17.2. The Balaban J connectivity index is 0.00000312. The van der Waals surface area contributed by atoms with Gasteiger partial charge in [0.2, 0.25) is 0 Å². The molecule has 0 spiro atoms. The van der Waals surface area contributed by atoms with Crippen molar-refractivity contribution >= 4 is 35.6 Å². The highest BCUT2D eigenvalue weighted by Crippen LogP contribution is 2.09. The monoisotopic (exact) mass is 452 g/mol. The van der Waals surface area contributed by atoms with E-state index in [1.807, 2.05) is 18.2 Å². The smallest absolute Gasteiger partial charge is 0.193 e. The van der Waals surface area contributed by atoms with E-state index in [0.29, 0.717) is 5.96 Å². The Labute approximate surface area is 168 Å². The Hall–Kier alpha value is -1.60. The van der Waals surface area contributed by atoms with Crippen molar-refractivity contribution in [3.8, 4) is 0 Å². The first-order chi connectivity index (χ1) is 11.7. The minimum absolute atomic E-state index is 0. The topological polar surface area (TPSA) is 53.6 Å². The van der Waals surface area contributed by atoms with Crippen molar-refractivity contribution in [2.24, 2.45) is 10.7 Å². The number of rotatable bonds is 8. The van der Waals surface area contributed by atoms with Crippen molar-refractivity contribution in [3.05, 3.63) is 65.7 Å². The summed E-state index contributed by atoms with van der Waals surface area (Å²) in [4.78, 5) is 6.70. The van der Waals surface area contributed by atoms with Gasteiger partial charge in [0.05, 0.1) is 0 Å². The fourth-order valence-corrected chi connectivity index (χ4v) is 2.53. The highest BCUT2D eigenvalue weighted by molar-refractivity contribution is 14.0. The molecule has 0 atom stereocenters. The standard InChI is InChI=1S/C20H28N4.HI/c1-3-17-10-12-19(13-11-17)23-20(21)22-14-7-15-24(2)16-18-8-5-4-6-9-18;/h4-6,8-13H,3,7,14-16H2,1-2H3,(H3,21,22,23);1H. The lowest BCUT2D eigenvalue weighted by Gasteiger charge is -2.16. The lowest BCUT2D eigenvalue weighted by molar-refractivity contribution is 0.324. The third-order valence-corrected chi connectivity index (χ3v) is 3.91. The summed E-state index contributed by atoms with van der Waals surface area (Å²) in [7, 11) is 2.13. The van der Waals surface area contributed by atoms with E-state index in [2.05, 4.69) is 65.6 Å². The van der Waals surface area contributed by atoms with Crippen molar-refractivity contribution in [3.63, 3.8) is 0 Å². The summed E-state index contributed by atoms with van der Waals surface area (Å²) in [5.74, 6) is 0.477. The largest absolute Gasteiger partial charge is 0.370 e. The maximum absolute atomic E-state index is 5.94. The van der Waals surface area contributed by atoms with Gasteiger partial charge in [-0.05, 0) is 49.7 Å². The fourth-order valence-electron chi connectivity index (χ4n) is 2.53. The fraction of sp³-hybridized carbons (Fsp3) is 0.350. The molecule has 0 aromatic heterocycles. The number of hydrogen-bond acceptors (Lipinski definition) is 2. The Kier molecular flexibility index (Phi) is 10.2. The molecule has 2 aromatic rings. The second-order valence-electron chi connectivity index (χ2n) is 6.02. The van der Waals surface area contributed by atoms with Gasteiger partial charge in [-0.25, -0.2) is 0 Å². The number of halogens is 1. The second-order valence-corrected chi connectivity index (χ2v) is 6.02. The van der Waals surface area contributed by atoms with Crippen LogP contribution in [0.3, 0.4) is 0 Å². The average molecular weight is 452 g/mol. The number of nitrogens with one attached hydrogen (secondary N) is 1. The highest BCUT2D eigenvalue weighted by Gasteiger charge is 2.00. The Morgan fingerprint density at radius 3 is 2.36 bits per heavy atom. The van der Waals surface area contributed by atoms with Crippen LogP contribution in [0.15, 0.2) is 59.6 Å². The number of hydrogen-bond donors (Lipinski definition) is 2. The number of benzene rings is 2. The first kappa shape index (κ1) is 21.4. The van der Waals surface area contributed by atoms with E-state index >= 15 is 0 Å². The normalized spacial score (nSPS) is 11.2. The van der Waals surface area contributed by atoms with Crippen LogP contribution in [0.2, 0.25) is 0 Å². The van der Waals surface area contributed by atoms with E-state index in [0.717, 1.165) is 38.2 Å². The van der Waals surface area contributed by atoms with Crippen molar-refractivity contribution in [1.29, 1.82) is 0 Å². The summed E-state index contributed by atoms with van der Waals surface area (Å²) < 4.78 is 0. The van der Waals surface area contributed by atoms with E-state index in [1.165, 1.54) is 11.1 Å². The summed E-state index contributed by atoms with van der Waals surface area (Å²) in [6.07, 6.45) is 2.03. The van der Waals surface area contributed by atoms with E-state index in [1.54, 1.807) is 0 Å². The van der Waals surface area contributed by atoms with Gasteiger partial charge >= 0.3 is 0 Å². The predicted octanol–water partition coefficient (Wildman–Crippen LogP) is 4.12. The average Bonchev–Trinajstić information content (AvgIpc) is 2.60. The van der Waals surface area contributed by atoms with Crippen LogP contribution < -0.4 is 11.1 Å². The molecule has 2 aromatic carbocycles. The molecule has 0 saturated heterocycles. The molecular weight excluding hydrogens is 423 g/mol. The molecule has 2 rings (SSSR count). The molecule has 3 N–H and O–H groups in total. The lowest BCUT2D eigenvalue weighted by Crippen LogP contribution is -2.24. The molecule has 0 aliphatic carbocycles. The van der Waals surface area contributed by atoms with Crippen LogP contribution >= 0.6 is 24.0 Å². The van der Waals surface area contributed by atoms with Gasteiger partial charge in [-0.3, -0.25) is 4.99 Å². The SMILES string of the molecule is CCc1ccc(NC(N)=NCCCN(C)Cc2ccccc2)cc1.I. The molecule has 0 aliphatic rings. The Morgan fingerprint density at radius 2 is 1.72 bits per heavy atom. The first-order valence-electron chi connectivity index (χ1n) is 8.55. The number of anilines is 1. The van der Waals surface area contributed by atoms with Crippen molar-refractivity contribution in [2.75, 3.05) is 25.5 Å². The molecule has 0 saturated carbocycles. The number of nitrogens with two attached hydrogens (primary N) is 1. The van der Waals surface area contributed by atoms with Crippen LogP contribution in [0.25, 0.3) is 0 Å². The minimum atomic E-state index is 0. The van der Waals surface area contributed by atoms with E-state index in [4.69, 9.17) is 5.73 Å². The van der Waals surface area contributed by atoms with Gasteiger partial charge in [0.1, 0.15) is 0 Å². The predicted molar refractivity (Wildman–Crippen MR) is 119 cm³/mol. The summed E-state index contributed by atoms with van der Waals surface area (Å²) in [5.41, 5.74) is 9.57. The maximum Gasteiger partial charge on any atom is 0.193 e. The Bertz CT molecular complexity index is 626. The van der Waals surface area contributed by atoms with Gasteiger partial charge in [-0.1, -0.05) is 49.4 Å². The first-order valence-corrected chi connectivity index (χ1v) is 8.55. The van der Waals surface area contributed by atoms with Crippen molar-refractivity contribution < 1.29 is 0 Å². The molecule has 136 valence electrons. The zero-order valence-electron chi connectivity index (χ0n) is 15.1. The van der Waals surface area contributed by atoms with Crippen LogP contribution in [0.1, 0.15) is 24.5 Å². The molecule has 0 amide bonds. The molecule has 0 unspecified atom stereocenters. The van der Waals surface area contributed by atoms with E-state index in [9.17, 15) is 0 Å². The summed E-state index contributed by atoms with van der Waals surface area (Å²) in [5, 5.41) is 3.14. The lowest BCUT2D eigenvalue weighted by atomic mass is 10.1. The third kappa shape index (κ3) is 8.36. The quantitative estimate of drug-likeness (QED) is 0.274. The van der Waals surface area contributed by atoms with E-state index < -0.39 is 0 Å². The molecular formula is C20H29IN4. The van der Waals surface area contributed by atoms with Crippen LogP contribution in [-0.2, 0) is 13.0 Å². The van der Waals surface area contributed by atoms with Gasteiger partial charge in [-0.15, -0.1) is 24.0 Å². The molecule has 0 radical (unpaired) electrons. The molecule has 5 heteroatoms. The molecule has 0 heterocycles. The van der Waals surface area contributed by atoms with Crippen LogP contribution in [-0.4, -0.2) is 31.0 Å². The van der Waals surface area contributed by atoms with Gasteiger partial charge in [0, 0.05) is 18.8 Å². The van der Waals surface area contributed by atoms with Crippen LogP contribution in [0, 0.1) is 0 Å². The highest BCUT2D eigenvalue weighted by atomic mass is 127. The third-order valence-electron chi connectivity index (χ3n) is 3.91. The molecule has 4 nitrogen and oxygen atoms in total. The van der Waals surface area contributed by atoms with Crippen molar-refractivity contribution in [1.82, 2.24) is 4.90 Å². The van der Waals surface area contributed by atoms with Crippen LogP contribution in [0.4, 0.5) is 5.69 Å². The molecule has 0 fully saturated rings. The van der Waals surface area contributed by atoms with Gasteiger partial charge in [0.25, 0.3) is 0 Å². The number of aryl methyl sites for hydroxylation is 1.